The highest BCUT2D eigenvalue weighted by atomic mass is 16.5. The Balaban J connectivity index is 1.89. The zero-order chi connectivity index (χ0) is 15.8. The monoisotopic (exact) mass is 298 g/mol. The maximum atomic E-state index is 11.6. The Labute approximate surface area is 127 Å². The third-order valence-electron chi connectivity index (χ3n) is 2.59. The van der Waals surface area contributed by atoms with Crippen molar-refractivity contribution in [2.75, 3.05) is 12.4 Å². The number of ether oxygens (including phenoxy) is 1. The van der Waals surface area contributed by atoms with E-state index in [-0.39, 0.29) is 0 Å². The first-order valence-corrected chi connectivity index (χ1v) is 6.38. The van der Waals surface area contributed by atoms with E-state index in [4.69, 9.17) is 4.74 Å². The predicted octanol–water partition coefficient (Wildman–Crippen LogP) is 1.18. The van der Waals surface area contributed by atoms with Crippen LogP contribution in [-0.4, -0.2) is 30.1 Å². The number of anilines is 1. The van der Waals surface area contributed by atoms with Gasteiger partial charge < -0.3 is 10.1 Å². The van der Waals surface area contributed by atoms with Gasteiger partial charge in [-0.15, -0.1) is 0 Å². The Morgan fingerprint density at radius 1 is 1.18 bits per heavy atom. The van der Waals surface area contributed by atoms with Crippen LogP contribution >= 0.6 is 0 Å². The summed E-state index contributed by atoms with van der Waals surface area (Å²) in [6.45, 7) is 0. The number of carbonyl (C=O) groups excluding carboxylic acids is 2. The van der Waals surface area contributed by atoms with Crippen molar-refractivity contribution >= 4 is 23.8 Å². The zero-order valence-corrected chi connectivity index (χ0v) is 11.8. The van der Waals surface area contributed by atoms with Gasteiger partial charge >= 0.3 is 11.8 Å². The fourth-order valence-electron chi connectivity index (χ4n) is 1.55. The molecule has 0 aliphatic carbocycles. The maximum Gasteiger partial charge on any atom is 0.329 e. The minimum absolute atomic E-state index is 0.291. The summed E-state index contributed by atoms with van der Waals surface area (Å²) in [5, 5.41) is 6.07. The molecule has 0 aliphatic rings. The van der Waals surface area contributed by atoms with Gasteiger partial charge in [-0.25, -0.2) is 10.4 Å². The van der Waals surface area contributed by atoms with E-state index < -0.39 is 11.8 Å². The van der Waals surface area contributed by atoms with Crippen LogP contribution in [0.15, 0.2) is 53.8 Å². The molecular formula is C15H14N4O3. The Morgan fingerprint density at radius 3 is 2.77 bits per heavy atom. The van der Waals surface area contributed by atoms with Crippen molar-refractivity contribution < 1.29 is 14.3 Å². The summed E-state index contributed by atoms with van der Waals surface area (Å²) in [6.07, 6.45) is 2.92. The second-order valence-electron chi connectivity index (χ2n) is 4.14. The molecule has 0 aliphatic heterocycles. The lowest BCUT2D eigenvalue weighted by Crippen LogP contribution is -2.32. The van der Waals surface area contributed by atoms with Crippen molar-refractivity contribution in [1.29, 1.82) is 0 Å². The van der Waals surface area contributed by atoms with E-state index >= 15 is 0 Å². The lowest BCUT2D eigenvalue weighted by Gasteiger charge is -2.02. The molecule has 2 aromatic rings. The normalized spacial score (nSPS) is 10.2. The first-order valence-electron chi connectivity index (χ1n) is 6.38. The molecule has 0 saturated heterocycles. The highest BCUT2D eigenvalue weighted by molar-refractivity contribution is 6.39. The second-order valence-corrected chi connectivity index (χ2v) is 4.14. The smallest absolute Gasteiger partial charge is 0.329 e. The largest absolute Gasteiger partial charge is 0.497 e. The van der Waals surface area contributed by atoms with E-state index in [9.17, 15) is 9.59 Å². The molecule has 0 fully saturated rings. The Kier molecular flexibility index (Phi) is 5.20. The van der Waals surface area contributed by atoms with Crippen molar-refractivity contribution in [3.8, 4) is 5.75 Å². The highest BCUT2D eigenvalue weighted by Crippen LogP contribution is 2.10. The number of rotatable bonds is 4. The molecule has 112 valence electrons. The molecule has 0 spiro atoms. The molecule has 2 N–H and O–H groups in total. The minimum Gasteiger partial charge on any atom is -0.497 e. The van der Waals surface area contributed by atoms with E-state index in [0.29, 0.717) is 11.6 Å². The van der Waals surface area contributed by atoms with E-state index in [1.807, 2.05) is 0 Å². The summed E-state index contributed by atoms with van der Waals surface area (Å²) >= 11 is 0. The quantitative estimate of drug-likeness (QED) is 0.503. The summed E-state index contributed by atoms with van der Waals surface area (Å²) in [7, 11) is 1.56. The topological polar surface area (TPSA) is 92.7 Å². The standard InChI is InChI=1S/C15H14N4O3/c1-22-12-6-4-5-11(9-12)10-17-19-15(21)14(20)18-13-7-2-3-8-16-13/h2-10H,1H3,(H,19,21)(H,16,18,20)/b17-10+. The summed E-state index contributed by atoms with van der Waals surface area (Å²) in [5.74, 6) is -0.770. The average Bonchev–Trinajstić information content (AvgIpc) is 2.56. The number of methoxy groups -OCH3 is 1. The number of carbonyl (C=O) groups is 2. The summed E-state index contributed by atoms with van der Waals surface area (Å²) in [4.78, 5) is 27.1. The first-order chi connectivity index (χ1) is 10.7. The molecule has 1 aromatic carbocycles. The Bertz CT molecular complexity index is 686. The van der Waals surface area contributed by atoms with Crippen LogP contribution in [0.2, 0.25) is 0 Å². The summed E-state index contributed by atoms with van der Waals surface area (Å²) < 4.78 is 5.07. The van der Waals surface area contributed by atoms with Crippen LogP contribution in [0.4, 0.5) is 5.82 Å². The lowest BCUT2D eigenvalue weighted by molar-refractivity contribution is -0.136. The number of amides is 2. The molecule has 1 heterocycles. The Morgan fingerprint density at radius 2 is 2.05 bits per heavy atom. The molecule has 0 radical (unpaired) electrons. The number of nitrogens with one attached hydrogen (secondary N) is 2. The van der Waals surface area contributed by atoms with Crippen LogP contribution in [0.25, 0.3) is 0 Å². The van der Waals surface area contributed by atoms with Crippen molar-refractivity contribution in [3.05, 3.63) is 54.2 Å². The predicted molar refractivity (Wildman–Crippen MR) is 81.6 cm³/mol. The van der Waals surface area contributed by atoms with E-state index in [2.05, 4.69) is 20.8 Å². The number of nitrogens with zero attached hydrogens (tertiary/aromatic N) is 2. The van der Waals surface area contributed by atoms with Gasteiger partial charge in [-0.2, -0.15) is 5.10 Å². The summed E-state index contributed by atoms with van der Waals surface area (Å²) in [6, 6.07) is 12.1. The molecule has 0 atom stereocenters. The molecule has 1 aromatic heterocycles. The van der Waals surface area contributed by atoms with Gasteiger partial charge in [-0.3, -0.25) is 9.59 Å². The SMILES string of the molecule is COc1cccc(/C=N/NC(=O)C(=O)Nc2ccccn2)c1. The van der Waals surface area contributed by atoms with Gasteiger partial charge in [-0.05, 0) is 29.8 Å². The van der Waals surface area contributed by atoms with Crippen molar-refractivity contribution in [1.82, 2.24) is 10.4 Å². The molecule has 0 bridgehead atoms. The van der Waals surface area contributed by atoms with Gasteiger partial charge in [0.1, 0.15) is 11.6 Å². The highest BCUT2D eigenvalue weighted by Gasteiger charge is 2.12. The fraction of sp³-hybridized carbons (Fsp3) is 0.0667. The molecule has 22 heavy (non-hydrogen) atoms. The van der Waals surface area contributed by atoms with Crippen LogP contribution in [0, 0.1) is 0 Å². The van der Waals surface area contributed by atoms with Crippen LogP contribution in [0.1, 0.15) is 5.56 Å². The van der Waals surface area contributed by atoms with Gasteiger partial charge in [0, 0.05) is 6.20 Å². The van der Waals surface area contributed by atoms with Gasteiger partial charge in [0.05, 0.1) is 13.3 Å². The van der Waals surface area contributed by atoms with E-state index in [0.717, 1.165) is 5.56 Å². The van der Waals surface area contributed by atoms with Crippen LogP contribution in [0.5, 0.6) is 5.75 Å². The first kappa shape index (κ1) is 15.2. The van der Waals surface area contributed by atoms with Crippen molar-refractivity contribution in [2.45, 2.75) is 0 Å². The average molecular weight is 298 g/mol. The second kappa shape index (κ2) is 7.53. The zero-order valence-electron chi connectivity index (χ0n) is 11.8. The van der Waals surface area contributed by atoms with Gasteiger partial charge in [0.2, 0.25) is 0 Å². The van der Waals surface area contributed by atoms with Crippen LogP contribution in [-0.2, 0) is 9.59 Å². The van der Waals surface area contributed by atoms with Gasteiger partial charge in [-0.1, -0.05) is 18.2 Å². The van der Waals surface area contributed by atoms with Crippen LogP contribution in [0.3, 0.4) is 0 Å². The number of benzene rings is 1. The molecule has 7 heteroatoms. The maximum absolute atomic E-state index is 11.6. The molecule has 7 nitrogen and oxygen atoms in total. The minimum atomic E-state index is -0.884. The number of pyridine rings is 1. The molecular weight excluding hydrogens is 284 g/mol. The molecule has 0 saturated carbocycles. The van der Waals surface area contributed by atoms with Crippen molar-refractivity contribution in [2.24, 2.45) is 5.10 Å². The van der Waals surface area contributed by atoms with E-state index in [1.165, 1.54) is 12.4 Å². The van der Waals surface area contributed by atoms with Gasteiger partial charge in [0.25, 0.3) is 0 Å². The molecule has 2 amide bonds. The summed E-state index contributed by atoms with van der Waals surface area (Å²) in [5.41, 5.74) is 2.87. The van der Waals surface area contributed by atoms with E-state index in [1.54, 1.807) is 49.6 Å². The Hall–Kier alpha value is -3.22. The third-order valence-corrected chi connectivity index (χ3v) is 2.59. The number of hydrogen-bond donors (Lipinski definition) is 2. The third kappa shape index (κ3) is 4.41. The molecule has 2 rings (SSSR count). The lowest BCUT2D eigenvalue weighted by atomic mass is 10.2. The van der Waals surface area contributed by atoms with Crippen molar-refractivity contribution in [3.63, 3.8) is 0 Å². The van der Waals surface area contributed by atoms with Gasteiger partial charge in [0.15, 0.2) is 0 Å². The fourth-order valence-corrected chi connectivity index (χ4v) is 1.55. The number of aromatic nitrogens is 1. The number of hydrogen-bond acceptors (Lipinski definition) is 5. The number of hydrazone groups is 1. The molecule has 0 unspecified atom stereocenters. The van der Waals surface area contributed by atoms with Crippen LogP contribution < -0.4 is 15.5 Å².